The number of rotatable bonds is 4. The number of methoxy groups -OCH3 is 1. The van der Waals surface area contributed by atoms with Crippen LogP contribution < -0.4 is 9.91 Å². The summed E-state index contributed by atoms with van der Waals surface area (Å²) < 4.78 is 9.97. The van der Waals surface area contributed by atoms with E-state index in [9.17, 15) is 9.70 Å². The van der Waals surface area contributed by atoms with Gasteiger partial charge in [0.05, 0.1) is 13.7 Å². The van der Waals surface area contributed by atoms with E-state index in [0.717, 1.165) is 0 Å². The van der Waals surface area contributed by atoms with Crippen LogP contribution in [0.15, 0.2) is 36.5 Å². The largest absolute Gasteiger partial charge is 0.494 e. The zero-order valence-corrected chi connectivity index (χ0v) is 12.8. The Kier molecular flexibility index (Phi) is 5.42. The monoisotopic (exact) mass is 311 g/mol. The summed E-state index contributed by atoms with van der Waals surface area (Å²) in [5.41, 5.74) is 1.69. The van der Waals surface area contributed by atoms with Crippen molar-refractivity contribution in [2.75, 3.05) is 13.7 Å². The van der Waals surface area contributed by atoms with Crippen molar-refractivity contribution in [3.63, 3.8) is 0 Å². The maximum atomic E-state index is 11.3. The van der Waals surface area contributed by atoms with Crippen LogP contribution in [-0.2, 0) is 4.74 Å². The summed E-state index contributed by atoms with van der Waals surface area (Å²) in [4.78, 5) is 26.2. The lowest BCUT2D eigenvalue weighted by Crippen LogP contribution is -2.56. The summed E-state index contributed by atoms with van der Waals surface area (Å²) in [6.07, 6.45) is 1.47. The first-order valence-corrected chi connectivity index (χ1v) is 6.89. The van der Waals surface area contributed by atoms with E-state index >= 15 is 0 Å². The van der Waals surface area contributed by atoms with Gasteiger partial charge in [0, 0.05) is 34.0 Å². The highest BCUT2D eigenvalue weighted by Gasteiger charge is 2.08. The molecule has 1 aromatic heterocycles. The van der Waals surface area contributed by atoms with Crippen LogP contribution in [0.3, 0.4) is 0 Å². The topological polar surface area (TPSA) is 79.5 Å². The van der Waals surface area contributed by atoms with Gasteiger partial charge >= 0.3 is 5.97 Å². The molecule has 0 atom stereocenters. The average Bonchev–Trinajstić information content (AvgIpc) is 2.60. The summed E-state index contributed by atoms with van der Waals surface area (Å²) in [6, 6.07) is 8.18. The third-order valence-electron chi connectivity index (χ3n) is 2.91. The maximum absolute atomic E-state index is 11.3. The van der Waals surface area contributed by atoms with Crippen molar-refractivity contribution in [2.24, 2.45) is 0 Å². The number of pyridine rings is 1. The number of ether oxygens (including phenoxy) is 2. The van der Waals surface area contributed by atoms with Crippen molar-refractivity contribution < 1.29 is 19.4 Å². The Morgan fingerprint density at radius 3 is 2.70 bits per heavy atom. The summed E-state index contributed by atoms with van der Waals surface area (Å²) in [7, 11) is 1.29. The Labute approximate surface area is 133 Å². The maximum Gasteiger partial charge on any atom is 0.356 e. The van der Waals surface area contributed by atoms with Gasteiger partial charge in [0.2, 0.25) is 0 Å². The fraction of sp³-hybridized carbons (Fsp3) is 0.176. The van der Waals surface area contributed by atoms with Gasteiger partial charge in [-0.2, -0.15) is 0 Å². The Bertz CT molecular complexity index is 773. The van der Waals surface area contributed by atoms with E-state index in [-0.39, 0.29) is 5.69 Å². The lowest BCUT2D eigenvalue weighted by atomic mass is 10.1. The number of aromatic nitrogens is 1. The van der Waals surface area contributed by atoms with Gasteiger partial charge in [-0.05, 0) is 25.1 Å². The quantitative estimate of drug-likeness (QED) is 0.677. The number of esters is 1. The normalized spacial score (nSPS) is 9.48. The average molecular weight is 311 g/mol. The Balaban J connectivity index is 2.28. The number of nitrogens with zero attached hydrogens (tertiary/aromatic N) is 1. The SMILES string of the molecule is CCOc1ccc([NH+]=O)c(C#Cc2ccc(C(=O)OC)nc2)c1. The molecule has 1 N–H and O–H groups in total. The molecule has 2 aromatic rings. The number of nitroso groups, excluding NO2 is 1. The molecule has 23 heavy (non-hydrogen) atoms. The number of carbonyl (C=O) groups excluding carboxylic acids is 1. The zero-order valence-electron chi connectivity index (χ0n) is 12.8. The van der Waals surface area contributed by atoms with Crippen molar-refractivity contribution in [3.05, 3.63) is 58.3 Å². The third kappa shape index (κ3) is 4.14. The fourth-order valence-corrected chi connectivity index (χ4v) is 1.80. The summed E-state index contributed by atoms with van der Waals surface area (Å²) >= 11 is 0. The van der Waals surface area contributed by atoms with Gasteiger partial charge in [-0.3, -0.25) is 0 Å². The molecule has 0 radical (unpaired) electrons. The molecule has 0 bridgehead atoms. The molecule has 1 aromatic carbocycles. The summed E-state index contributed by atoms with van der Waals surface area (Å²) in [5, 5.41) is 1.85. The fourth-order valence-electron chi connectivity index (χ4n) is 1.80. The molecular weight excluding hydrogens is 296 g/mol. The highest BCUT2D eigenvalue weighted by Crippen LogP contribution is 2.18. The lowest BCUT2D eigenvalue weighted by Gasteiger charge is -2.01. The van der Waals surface area contributed by atoms with E-state index < -0.39 is 5.97 Å². The van der Waals surface area contributed by atoms with E-state index in [1.807, 2.05) is 12.1 Å². The Hall–Kier alpha value is -3.20. The van der Waals surface area contributed by atoms with Crippen LogP contribution in [0.4, 0.5) is 5.69 Å². The molecule has 0 amide bonds. The first kappa shape index (κ1) is 16.2. The molecule has 0 unspecified atom stereocenters. The molecule has 6 nitrogen and oxygen atoms in total. The molecule has 2 rings (SSSR count). The van der Waals surface area contributed by atoms with Crippen LogP contribution in [0.2, 0.25) is 0 Å². The summed E-state index contributed by atoms with van der Waals surface area (Å²) in [5.74, 6) is 5.91. The second kappa shape index (κ2) is 7.71. The molecule has 1 heterocycles. The molecule has 6 heteroatoms. The van der Waals surface area contributed by atoms with E-state index in [2.05, 4.69) is 21.6 Å². The van der Waals surface area contributed by atoms with Gasteiger partial charge in [-0.15, -0.1) is 0 Å². The molecule has 0 aliphatic carbocycles. The minimum absolute atomic E-state index is 0.207. The van der Waals surface area contributed by atoms with Crippen molar-refractivity contribution in [3.8, 4) is 17.6 Å². The Morgan fingerprint density at radius 1 is 1.26 bits per heavy atom. The Morgan fingerprint density at radius 2 is 2.09 bits per heavy atom. The van der Waals surface area contributed by atoms with Crippen LogP contribution in [0.25, 0.3) is 0 Å². The molecule has 0 saturated carbocycles. The van der Waals surface area contributed by atoms with Crippen LogP contribution in [0.5, 0.6) is 5.75 Å². The minimum atomic E-state index is -0.508. The molecule has 0 aliphatic rings. The smallest absolute Gasteiger partial charge is 0.356 e. The molecule has 0 saturated heterocycles. The highest BCUT2D eigenvalue weighted by atomic mass is 16.5. The minimum Gasteiger partial charge on any atom is -0.494 e. The van der Waals surface area contributed by atoms with Gasteiger partial charge in [-0.25, -0.2) is 9.78 Å². The van der Waals surface area contributed by atoms with Crippen LogP contribution in [-0.4, -0.2) is 24.7 Å². The van der Waals surface area contributed by atoms with E-state index in [0.29, 0.717) is 29.2 Å². The predicted molar refractivity (Wildman–Crippen MR) is 83.2 cm³/mol. The second-order valence-electron chi connectivity index (χ2n) is 4.42. The van der Waals surface area contributed by atoms with Crippen molar-refractivity contribution >= 4 is 11.7 Å². The van der Waals surface area contributed by atoms with Gasteiger partial charge in [0.15, 0.2) is 0 Å². The number of carbonyl (C=O) groups is 1. The highest BCUT2D eigenvalue weighted by molar-refractivity contribution is 5.87. The van der Waals surface area contributed by atoms with Gasteiger partial charge in [0.25, 0.3) is 5.69 Å². The van der Waals surface area contributed by atoms with Crippen LogP contribution >= 0.6 is 0 Å². The van der Waals surface area contributed by atoms with Crippen molar-refractivity contribution in [2.45, 2.75) is 6.92 Å². The van der Waals surface area contributed by atoms with E-state index in [1.165, 1.54) is 19.4 Å². The zero-order chi connectivity index (χ0) is 16.7. The summed E-state index contributed by atoms with van der Waals surface area (Å²) in [6.45, 7) is 2.40. The molecule has 0 aliphatic heterocycles. The van der Waals surface area contributed by atoms with Crippen molar-refractivity contribution in [1.29, 1.82) is 0 Å². The van der Waals surface area contributed by atoms with E-state index in [4.69, 9.17) is 4.74 Å². The van der Waals surface area contributed by atoms with Gasteiger partial charge < -0.3 is 9.47 Å². The van der Waals surface area contributed by atoms with Gasteiger partial charge in [-0.1, -0.05) is 11.8 Å². The van der Waals surface area contributed by atoms with Crippen LogP contribution in [0.1, 0.15) is 28.5 Å². The number of hydrogen-bond acceptors (Lipinski definition) is 5. The standard InChI is InChI=1S/C17H14N2O4/c1-3-23-14-7-9-15(19-21)13(10-14)6-4-12-5-8-16(18-11-12)17(20)22-2/h5,7-11H,3H2,1-2H3/p+1. The molecular formula is C17H15N2O4+. The van der Waals surface area contributed by atoms with Crippen molar-refractivity contribution in [1.82, 2.24) is 4.98 Å². The van der Waals surface area contributed by atoms with E-state index in [1.54, 1.807) is 24.3 Å². The third-order valence-corrected chi connectivity index (χ3v) is 2.91. The predicted octanol–water partition coefficient (Wildman–Crippen LogP) is 1.15. The lowest BCUT2D eigenvalue weighted by molar-refractivity contribution is -0.379. The first-order chi connectivity index (χ1) is 11.2. The first-order valence-electron chi connectivity index (χ1n) is 6.89. The molecule has 0 fully saturated rings. The molecule has 0 spiro atoms. The molecule has 116 valence electrons. The number of nitrogens with one attached hydrogen (secondary N) is 1. The van der Waals surface area contributed by atoms with Gasteiger partial charge in [0.1, 0.15) is 17.0 Å². The second-order valence-corrected chi connectivity index (χ2v) is 4.42. The number of benzene rings is 1. The van der Waals surface area contributed by atoms with Crippen LogP contribution in [0, 0.1) is 16.7 Å². The number of hydrogen-bond donors (Lipinski definition) is 1.